The van der Waals surface area contributed by atoms with Gasteiger partial charge in [0.2, 0.25) is 0 Å². The van der Waals surface area contributed by atoms with Crippen LogP contribution in [0, 0.1) is 45.3 Å². The quantitative estimate of drug-likeness (QED) is 0.125. The highest BCUT2D eigenvalue weighted by atomic mass is 15.1. The van der Waals surface area contributed by atoms with Crippen LogP contribution in [0.1, 0.15) is 22.3 Å². The summed E-state index contributed by atoms with van der Waals surface area (Å²) in [7, 11) is 0. The fourth-order valence-corrected chi connectivity index (χ4v) is 10.1. The number of para-hydroxylation sites is 4. The first-order valence-electron chi connectivity index (χ1n) is 24.9. The van der Waals surface area contributed by atoms with Crippen LogP contribution in [0.2, 0.25) is 0 Å². The maximum atomic E-state index is 10.8. The molecular formula is C68H41N9. The summed E-state index contributed by atoms with van der Waals surface area (Å²) >= 11 is 0. The van der Waals surface area contributed by atoms with Crippen molar-refractivity contribution in [1.82, 2.24) is 14.5 Å². The molecule has 12 aromatic rings. The van der Waals surface area contributed by atoms with E-state index in [9.17, 15) is 21.0 Å². The topological polar surface area (TPSA) is 132 Å². The summed E-state index contributed by atoms with van der Waals surface area (Å²) in [5.74, 6) is 0.353. The first-order chi connectivity index (χ1) is 38.0. The second kappa shape index (κ2) is 20.3. The molecule has 0 amide bonds. The lowest BCUT2D eigenvalue weighted by molar-refractivity contribution is 1.18. The van der Waals surface area contributed by atoms with Gasteiger partial charge in [0, 0.05) is 67.3 Å². The Morgan fingerprint density at radius 2 is 0.727 bits per heavy atom. The number of nitriles is 4. The van der Waals surface area contributed by atoms with Gasteiger partial charge in [0.15, 0.2) is 5.82 Å². The molecule has 0 fully saturated rings. The Kier molecular flexibility index (Phi) is 12.3. The minimum atomic E-state index is 0.271. The minimum Gasteiger partial charge on any atom is -0.310 e. The number of hydrogen-bond acceptors (Lipinski definition) is 8. The average Bonchev–Trinajstić information content (AvgIpc) is 3.93. The number of hydrogen-bond donors (Lipinski definition) is 0. The summed E-state index contributed by atoms with van der Waals surface area (Å²) in [5.41, 5.74) is 14.9. The summed E-state index contributed by atoms with van der Waals surface area (Å²) in [4.78, 5) is 14.4. The van der Waals surface area contributed by atoms with Crippen LogP contribution < -0.4 is 9.80 Å². The molecule has 9 nitrogen and oxygen atoms in total. The zero-order valence-electron chi connectivity index (χ0n) is 41.2. The van der Waals surface area contributed by atoms with Gasteiger partial charge in [-0.1, -0.05) is 97.1 Å². The van der Waals surface area contributed by atoms with E-state index in [1.165, 1.54) is 0 Å². The van der Waals surface area contributed by atoms with Gasteiger partial charge in [-0.25, -0.2) is 9.97 Å². The van der Waals surface area contributed by atoms with Crippen molar-refractivity contribution in [2.45, 2.75) is 0 Å². The van der Waals surface area contributed by atoms with Crippen LogP contribution in [0.15, 0.2) is 249 Å². The second-order valence-electron chi connectivity index (χ2n) is 18.3. The van der Waals surface area contributed by atoms with E-state index in [-0.39, 0.29) is 11.1 Å². The normalized spacial score (nSPS) is 10.8. The van der Waals surface area contributed by atoms with E-state index in [1.54, 1.807) is 66.7 Å². The molecule has 0 atom stereocenters. The summed E-state index contributed by atoms with van der Waals surface area (Å²) in [6.07, 6.45) is 0. The molecule has 77 heavy (non-hydrogen) atoms. The molecule has 0 saturated heterocycles. The third-order valence-corrected chi connectivity index (χ3v) is 13.7. The van der Waals surface area contributed by atoms with Crippen LogP contribution in [0.4, 0.5) is 34.1 Å². The first kappa shape index (κ1) is 46.7. The van der Waals surface area contributed by atoms with Crippen molar-refractivity contribution in [3.8, 4) is 75.0 Å². The van der Waals surface area contributed by atoms with Crippen LogP contribution in [0.25, 0.3) is 72.5 Å². The zero-order chi connectivity index (χ0) is 52.2. The van der Waals surface area contributed by atoms with Gasteiger partial charge in [-0.3, -0.25) is 0 Å². The van der Waals surface area contributed by atoms with Crippen molar-refractivity contribution in [2.75, 3.05) is 9.80 Å². The average molecular weight is 984 g/mol. The fraction of sp³-hybridized carbons (Fsp3) is 0. The van der Waals surface area contributed by atoms with E-state index in [4.69, 9.17) is 9.97 Å². The first-order valence-corrected chi connectivity index (χ1v) is 24.9. The SMILES string of the molecule is N#Cc1ccc(-c2cc(-c3c(C#N)cc(-c4ccc(-n5c6ccc(N(c7ccccc7)c7ccccc7)cc6c6cc(N(c7ccccc7)c7ccccc7)ccc65)cc4)cc3C#N)nc(-c3ccc(C#N)cc3)n2)cc1. The van der Waals surface area contributed by atoms with Crippen LogP contribution in [-0.4, -0.2) is 14.5 Å². The van der Waals surface area contributed by atoms with Gasteiger partial charge in [0.1, 0.15) is 0 Å². The zero-order valence-corrected chi connectivity index (χ0v) is 41.2. The third kappa shape index (κ3) is 8.92. The predicted octanol–water partition coefficient (Wildman–Crippen LogP) is 16.7. The number of benzene rings is 10. The Bertz CT molecular complexity index is 4010. The van der Waals surface area contributed by atoms with Crippen molar-refractivity contribution in [3.63, 3.8) is 0 Å². The van der Waals surface area contributed by atoms with Gasteiger partial charge in [-0.2, -0.15) is 21.0 Å². The molecule has 0 aliphatic rings. The van der Waals surface area contributed by atoms with E-state index in [1.807, 2.05) is 36.4 Å². The van der Waals surface area contributed by atoms with E-state index in [2.05, 4.69) is 184 Å². The molecule has 0 aliphatic carbocycles. The molecule has 358 valence electrons. The third-order valence-electron chi connectivity index (χ3n) is 13.7. The molecule has 10 aromatic carbocycles. The number of rotatable bonds is 11. The highest BCUT2D eigenvalue weighted by Gasteiger charge is 2.22. The maximum Gasteiger partial charge on any atom is 0.160 e. The summed E-state index contributed by atoms with van der Waals surface area (Å²) in [6, 6.07) is 91.6. The molecule has 2 aromatic heterocycles. The van der Waals surface area contributed by atoms with Crippen molar-refractivity contribution < 1.29 is 0 Å². The van der Waals surface area contributed by atoms with Gasteiger partial charge in [0.05, 0.1) is 69.0 Å². The highest BCUT2D eigenvalue weighted by Crippen LogP contribution is 2.43. The van der Waals surface area contributed by atoms with Crippen LogP contribution in [0.5, 0.6) is 0 Å². The molecule has 2 heterocycles. The van der Waals surface area contributed by atoms with Gasteiger partial charge in [-0.15, -0.1) is 0 Å². The van der Waals surface area contributed by atoms with Gasteiger partial charge >= 0.3 is 0 Å². The smallest absolute Gasteiger partial charge is 0.160 e. The number of nitrogens with zero attached hydrogens (tertiary/aromatic N) is 9. The molecule has 0 spiro atoms. The Morgan fingerprint density at radius 3 is 1.14 bits per heavy atom. The van der Waals surface area contributed by atoms with E-state index >= 15 is 0 Å². The molecule has 9 heteroatoms. The highest BCUT2D eigenvalue weighted by molar-refractivity contribution is 6.12. The van der Waals surface area contributed by atoms with Crippen molar-refractivity contribution in [1.29, 1.82) is 21.0 Å². The van der Waals surface area contributed by atoms with Crippen molar-refractivity contribution in [3.05, 3.63) is 271 Å². The second-order valence-corrected chi connectivity index (χ2v) is 18.3. The number of anilines is 6. The largest absolute Gasteiger partial charge is 0.310 e. The minimum absolute atomic E-state index is 0.271. The van der Waals surface area contributed by atoms with E-state index in [0.717, 1.165) is 72.7 Å². The van der Waals surface area contributed by atoms with Crippen LogP contribution in [-0.2, 0) is 0 Å². The number of fused-ring (bicyclic) bond motifs is 3. The van der Waals surface area contributed by atoms with E-state index in [0.29, 0.717) is 45.0 Å². The molecule has 12 rings (SSSR count). The Hall–Kier alpha value is -11.4. The summed E-state index contributed by atoms with van der Waals surface area (Å²) < 4.78 is 2.29. The van der Waals surface area contributed by atoms with Crippen molar-refractivity contribution in [2.24, 2.45) is 0 Å². The molecule has 0 N–H and O–H groups in total. The Labute approximate surface area is 445 Å². The van der Waals surface area contributed by atoms with Crippen molar-refractivity contribution >= 4 is 55.9 Å². The number of aromatic nitrogens is 3. The fourth-order valence-electron chi connectivity index (χ4n) is 10.1. The molecule has 0 saturated carbocycles. The van der Waals surface area contributed by atoms with Crippen LogP contribution >= 0.6 is 0 Å². The lowest BCUT2D eigenvalue weighted by Crippen LogP contribution is -2.09. The summed E-state index contributed by atoms with van der Waals surface area (Å²) in [5, 5.41) is 42.8. The Morgan fingerprint density at radius 1 is 0.325 bits per heavy atom. The summed E-state index contributed by atoms with van der Waals surface area (Å²) in [6.45, 7) is 0. The molecule has 0 bridgehead atoms. The van der Waals surface area contributed by atoms with E-state index < -0.39 is 0 Å². The Balaban J connectivity index is 0.985. The predicted molar refractivity (Wildman–Crippen MR) is 306 cm³/mol. The standard InChI is InChI=1S/C68H41N9/c69-42-46-21-25-49(26-22-46)63-41-64(74-68(73-63)50-27-23-47(43-70)24-28-50)67-52(44-71)37-51(38-53(67)45-72)48-29-31-58(32-30-48)77-65-35-33-59(75(54-13-5-1-6-14-54)55-15-7-2-8-16-55)39-61(65)62-40-60(34-36-66(62)77)76(56-17-9-3-10-18-56)57-19-11-4-12-20-57/h1-41H. The molecule has 0 radical (unpaired) electrons. The lowest BCUT2D eigenvalue weighted by atomic mass is 9.92. The molecule has 0 aliphatic heterocycles. The molecule has 0 unspecified atom stereocenters. The lowest BCUT2D eigenvalue weighted by Gasteiger charge is -2.26. The molecular weight excluding hydrogens is 943 g/mol. The van der Waals surface area contributed by atoms with Gasteiger partial charge in [-0.05, 0) is 163 Å². The van der Waals surface area contributed by atoms with Gasteiger partial charge in [0.25, 0.3) is 0 Å². The maximum absolute atomic E-state index is 10.8. The van der Waals surface area contributed by atoms with Gasteiger partial charge < -0.3 is 14.4 Å². The monoisotopic (exact) mass is 983 g/mol. The van der Waals surface area contributed by atoms with Crippen LogP contribution in [0.3, 0.4) is 0 Å².